The number of ether oxygens (including phenoxy) is 4. The molecular weight excluding hydrogens is 442 g/mol. The highest BCUT2D eigenvalue weighted by Gasteiger charge is 2.11. The second-order valence-corrected chi connectivity index (χ2v) is 6.46. The summed E-state index contributed by atoms with van der Waals surface area (Å²) >= 11 is 9.11. The van der Waals surface area contributed by atoms with Gasteiger partial charge in [0.15, 0.2) is 13.2 Å². The number of amides is 1. The Labute approximate surface area is 169 Å². The molecule has 0 aliphatic carbocycles. The topological polar surface area (TPSA) is 83.1 Å². The van der Waals surface area contributed by atoms with E-state index in [-0.39, 0.29) is 6.61 Å². The van der Waals surface area contributed by atoms with Gasteiger partial charge in [0.1, 0.15) is 17.2 Å². The number of carbonyl (C=O) groups is 2. The number of hydrogen-bond acceptors (Lipinski definition) is 6. The molecule has 0 atom stereocenters. The van der Waals surface area contributed by atoms with Crippen LogP contribution in [0.1, 0.15) is 0 Å². The molecule has 0 spiro atoms. The molecule has 0 saturated heterocycles. The minimum absolute atomic E-state index is 0.347. The summed E-state index contributed by atoms with van der Waals surface area (Å²) in [6, 6.07) is 9.78. The van der Waals surface area contributed by atoms with Crippen LogP contribution in [0.15, 0.2) is 40.9 Å². The van der Waals surface area contributed by atoms with Crippen LogP contribution in [0.25, 0.3) is 0 Å². The zero-order chi connectivity index (χ0) is 19.8. The standard InChI is InChI=1S/C18H17BrClNO6/c1-24-13-6-12(7-14(8-13)25-2)21-17(22)9-27-18(23)10-26-16-4-3-11(20)5-15(16)19/h3-8H,9-10H2,1-2H3,(H,21,22). The van der Waals surface area contributed by atoms with Crippen molar-refractivity contribution in [2.24, 2.45) is 0 Å². The summed E-state index contributed by atoms with van der Waals surface area (Å²) in [5.41, 5.74) is 0.452. The Morgan fingerprint density at radius 2 is 1.70 bits per heavy atom. The molecule has 9 heteroatoms. The highest BCUT2D eigenvalue weighted by molar-refractivity contribution is 9.10. The van der Waals surface area contributed by atoms with E-state index in [2.05, 4.69) is 21.2 Å². The molecule has 0 aliphatic heterocycles. The minimum atomic E-state index is -0.685. The Bertz CT molecular complexity index is 807. The molecule has 0 aromatic heterocycles. The first-order chi connectivity index (χ1) is 12.9. The number of anilines is 1. The Balaban J connectivity index is 1.82. The molecule has 0 saturated carbocycles. The van der Waals surface area contributed by atoms with Crippen molar-refractivity contribution < 1.29 is 28.5 Å². The van der Waals surface area contributed by atoms with Crippen LogP contribution in [0.4, 0.5) is 5.69 Å². The van der Waals surface area contributed by atoms with E-state index in [0.29, 0.717) is 32.4 Å². The van der Waals surface area contributed by atoms with Crippen molar-refractivity contribution in [3.05, 3.63) is 45.9 Å². The molecule has 144 valence electrons. The lowest BCUT2D eigenvalue weighted by Crippen LogP contribution is -2.23. The van der Waals surface area contributed by atoms with E-state index < -0.39 is 18.5 Å². The summed E-state index contributed by atoms with van der Waals surface area (Å²) in [6.45, 7) is -0.802. The molecule has 2 aromatic rings. The van der Waals surface area contributed by atoms with Crippen molar-refractivity contribution in [3.8, 4) is 17.2 Å². The number of methoxy groups -OCH3 is 2. The number of rotatable bonds is 8. The maximum atomic E-state index is 11.9. The van der Waals surface area contributed by atoms with Gasteiger partial charge in [0.05, 0.1) is 18.7 Å². The zero-order valence-electron chi connectivity index (χ0n) is 14.6. The second-order valence-electron chi connectivity index (χ2n) is 5.17. The van der Waals surface area contributed by atoms with E-state index >= 15 is 0 Å². The number of hydrogen-bond donors (Lipinski definition) is 1. The van der Waals surface area contributed by atoms with Gasteiger partial charge in [-0.15, -0.1) is 0 Å². The van der Waals surface area contributed by atoms with Crippen molar-refractivity contribution in [1.82, 2.24) is 0 Å². The molecule has 7 nitrogen and oxygen atoms in total. The van der Waals surface area contributed by atoms with Gasteiger partial charge in [-0.1, -0.05) is 11.6 Å². The number of nitrogens with one attached hydrogen (secondary N) is 1. The highest BCUT2D eigenvalue weighted by Crippen LogP contribution is 2.28. The van der Waals surface area contributed by atoms with Crippen LogP contribution in [0.5, 0.6) is 17.2 Å². The van der Waals surface area contributed by atoms with Crippen LogP contribution < -0.4 is 19.5 Å². The van der Waals surface area contributed by atoms with E-state index in [1.54, 1.807) is 36.4 Å². The Morgan fingerprint density at radius 3 is 2.30 bits per heavy atom. The fourth-order valence-electron chi connectivity index (χ4n) is 1.99. The summed E-state index contributed by atoms with van der Waals surface area (Å²) in [6.07, 6.45) is 0. The van der Waals surface area contributed by atoms with Gasteiger partial charge in [-0.2, -0.15) is 0 Å². The first-order valence-corrected chi connectivity index (χ1v) is 8.84. The van der Waals surface area contributed by atoms with Crippen LogP contribution >= 0.6 is 27.5 Å². The lowest BCUT2D eigenvalue weighted by molar-refractivity contribution is -0.149. The van der Waals surface area contributed by atoms with Gasteiger partial charge < -0.3 is 24.3 Å². The third-order valence-corrected chi connectivity index (χ3v) is 4.09. The number of carbonyl (C=O) groups excluding carboxylic acids is 2. The number of benzene rings is 2. The molecular formula is C18H17BrClNO6. The summed E-state index contributed by atoms with van der Waals surface area (Å²) in [4.78, 5) is 23.7. The van der Waals surface area contributed by atoms with Crippen molar-refractivity contribution in [3.63, 3.8) is 0 Å². The van der Waals surface area contributed by atoms with E-state index in [9.17, 15) is 9.59 Å². The van der Waals surface area contributed by atoms with Crippen LogP contribution in [0, 0.1) is 0 Å². The zero-order valence-corrected chi connectivity index (χ0v) is 16.9. The van der Waals surface area contributed by atoms with Crippen molar-refractivity contribution in [1.29, 1.82) is 0 Å². The van der Waals surface area contributed by atoms with Crippen LogP contribution in [0.2, 0.25) is 5.02 Å². The van der Waals surface area contributed by atoms with E-state index in [1.807, 2.05) is 0 Å². The predicted molar refractivity (Wildman–Crippen MR) is 104 cm³/mol. The summed E-state index contributed by atoms with van der Waals surface area (Å²) < 4.78 is 21.1. The summed E-state index contributed by atoms with van der Waals surface area (Å²) in [5.74, 6) is 0.276. The summed E-state index contributed by atoms with van der Waals surface area (Å²) in [7, 11) is 3.00. The lowest BCUT2D eigenvalue weighted by atomic mass is 10.2. The lowest BCUT2D eigenvalue weighted by Gasteiger charge is -2.11. The van der Waals surface area contributed by atoms with E-state index in [4.69, 9.17) is 30.5 Å². The molecule has 1 amide bonds. The van der Waals surface area contributed by atoms with Crippen LogP contribution in [-0.4, -0.2) is 39.3 Å². The molecule has 2 aromatic carbocycles. The maximum Gasteiger partial charge on any atom is 0.344 e. The van der Waals surface area contributed by atoms with Gasteiger partial charge in [0.2, 0.25) is 0 Å². The molecule has 1 N–H and O–H groups in total. The molecule has 0 unspecified atom stereocenters. The number of halogens is 2. The maximum absolute atomic E-state index is 11.9. The SMILES string of the molecule is COc1cc(NC(=O)COC(=O)COc2ccc(Cl)cc2Br)cc(OC)c1. The molecule has 0 heterocycles. The smallest absolute Gasteiger partial charge is 0.344 e. The van der Waals surface area contributed by atoms with Gasteiger partial charge in [-0.05, 0) is 34.1 Å². The third-order valence-electron chi connectivity index (χ3n) is 3.24. The van der Waals surface area contributed by atoms with Gasteiger partial charge >= 0.3 is 5.97 Å². The van der Waals surface area contributed by atoms with Gasteiger partial charge in [0, 0.05) is 28.9 Å². The average Bonchev–Trinajstić information content (AvgIpc) is 2.65. The first kappa shape index (κ1) is 20.9. The van der Waals surface area contributed by atoms with E-state index in [1.165, 1.54) is 14.2 Å². The van der Waals surface area contributed by atoms with Gasteiger partial charge in [-0.25, -0.2) is 4.79 Å². The van der Waals surface area contributed by atoms with Crippen molar-refractivity contribution in [2.75, 3.05) is 32.8 Å². The molecule has 2 rings (SSSR count). The Kier molecular flexibility index (Phi) is 7.75. The molecule has 0 radical (unpaired) electrons. The van der Waals surface area contributed by atoms with Gasteiger partial charge in [-0.3, -0.25) is 4.79 Å². The fourth-order valence-corrected chi connectivity index (χ4v) is 2.79. The Hall–Kier alpha value is -2.45. The molecule has 0 fully saturated rings. The number of esters is 1. The second kappa shape index (κ2) is 10.0. The monoisotopic (exact) mass is 457 g/mol. The van der Waals surface area contributed by atoms with Crippen molar-refractivity contribution >= 4 is 45.1 Å². The predicted octanol–water partition coefficient (Wildman–Crippen LogP) is 3.68. The van der Waals surface area contributed by atoms with Crippen LogP contribution in [-0.2, 0) is 14.3 Å². The average molecular weight is 459 g/mol. The molecule has 0 aliphatic rings. The van der Waals surface area contributed by atoms with Gasteiger partial charge in [0.25, 0.3) is 5.91 Å². The normalized spacial score (nSPS) is 10.1. The van der Waals surface area contributed by atoms with Crippen molar-refractivity contribution in [2.45, 2.75) is 0 Å². The summed E-state index contributed by atoms with van der Waals surface area (Å²) in [5, 5.41) is 3.13. The third kappa shape index (κ3) is 6.65. The highest BCUT2D eigenvalue weighted by atomic mass is 79.9. The quantitative estimate of drug-likeness (QED) is 0.608. The van der Waals surface area contributed by atoms with E-state index in [0.717, 1.165) is 0 Å². The molecule has 0 bridgehead atoms. The van der Waals surface area contributed by atoms with Crippen LogP contribution in [0.3, 0.4) is 0 Å². The molecule has 27 heavy (non-hydrogen) atoms. The largest absolute Gasteiger partial charge is 0.497 e. The first-order valence-electron chi connectivity index (χ1n) is 7.67. The minimum Gasteiger partial charge on any atom is -0.497 e. The fraction of sp³-hybridized carbons (Fsp3) is 0.222. The Morgan fingerprint density at radius 1 is 1.04 bits per heavy atom.